The summed E-state index contributed by atoms with van der Waals surface area (Å²) in [5.41, 5.74) is 2.25. The molecule has 2 amide bonds. The highest BCUT2D eigenvalue weighted by Gasteiger charge is 2.24. The summed E-state index contributed by atoms with van der Waals surface area (Å²) < 4.78 is 5.58. The number of benzene rings is 1. The standard InChI is InChI=1S/C18H15N3O3S2/c1-9-16(22)19-12-8-11(5-6-13(12)24-9)15-10(2)26-18(20-15)21-17(23)14-4-3-7-25-14/h3-9H,1-2H3,(H,19,22)(H,20,21,23)/t9-/m0/s1. The average Bonchev–Trinajstić information content (AvgIpc) is 3.25. The fourth-order valence-corrected chi connectivity index (χ4v) is 4.09. The van der Waals surface area contributed by atoms with Gasteiger partial charge in [0.2, 0.25) is 0 Å². The van der Waals surface area contributed by atoms with Crippen molar-refractivity contribution < 1.29 is 14.3 Å². The first kappa shape index (κ1) is 16.7. The van der Waals surface area contributed by atoms with E-state index in [4.69, 9.17) is 4.74 Å². The summed E-state index contributed by atoms with van der Waals surface area (Å²) in [6.07, 6.45) is -0.506. The number of amides is 2. The molecule has 0 saturated carbocycles. The van der Waals surface area contributed by atoms with Crippen LogP contribution in [0.15, 0.2) is 35.7 Å². The molecule has 0 aliphatic carbocycles. The van der Waals surface area contributed by atoms with Crippen molar-refractivity contribution in [2.45, 2.75) is 20.0 Å². The lowest BCUT2D eigenvalue weighted by atomic mass is 10.1. The summed E-state index contributed by atoms with van der Waals surface area (Å²) in [5.74, 6) is 0.300. The van der Waals surface area contributed by atoms with Gasteiger partial charge in [0, 0.05) is 10.4 Å². The third kappa shape index (κ3) is 3.09. The van der Waals surface area contributed by atoms with E-state index in [1.807, 2.05) is 36.6 Å². The quantitative estimate of drug-likeness (QED) is 0.710. The van der Waals surface area contributed by atoms with Crippen LogP contribution in [-0.2, 0) is 4.79 Å². The maximum atomic E-state index is 12.2. The van der Waals surface area contributed by atoms with Crippen molar-refractivity contribution in [1.29, 1.82) is 0 Å². The number of thiophene rings is 1. The molecule has 1 aliphatic heterocycles. The molecule has 26 heavy (non-hydrogen) atoms. The van der Waals surface area contributed by atoms with Crippen LogP contribution in [0, 0.1) is 6.92 Å². The van der Waals surface area contributed by atoms with Crippen LogP contribution >= 0.6 is 22.7 Å². The Balaban J connectivity index is 1.61. The van der Waals surface area contributed by atoms with Gasteiger partial charge in [-0.15, -0.1) is 22.7 Å². The summed E-state index contributed by atoms with van der Waals surface area (Å²) in [6.45, 7) is 3.66. The number of carbonyl (C=O) groups excluding carboxylic acids is 2. The molecular formula is C18H15N3O3S2. The molecule has 3 aromatic rings. The number of aryl methyl sites for hydroxylation is 1. The topological polar surface area (TPSA) is 80.3 Å². The van der Waals surface area contributed by atoms with Gasteiger partial charge in [-0.3, -0.25) is 14.9 Å². The number of hydrogen-bond donors (Lipinski definition) is 2. The number of anilines is 2. The molecule has 1 aliphatic rings. The van der Waals surface area contributed by atoms with E-state index in [2.05, 4.69) is 15.6 Å². The maximum absolute atomic E-state index is 12.2. The first-order valence-electron chi connectivity index (χ1n) is 7.95. The SMILES string of the molecule is Cc1sc(NC(=O)c2cccs2)nc1-c1ccc2c(c1)NC(=O)[C@H](C)O2. The Morgan fingerprint density at radius 2 is 2.19 bits per heavy atom. The van der Waals surface area contributed by atoms with Gasteiger partial charge in [-0.2, -0.15) is 0 Å². The summed E-state index contributed by atoms with van der Waals surface area (Å²) in [4.78, 5) is 30.2. The molecule has 1 atom stereocenters. The Bertz CT molecular complexity index is 995. The van der Waals surface area contributed by atoms with E-state index in [9.17, 15) is 9.59 Å². The van der Waals surface area contributed by atoms with Crippen molar-refractivity contribution in [2.24, 2.45) is 0 Å². The average molecular weight is 385 g/mol. The molecular weight excluding hydrogens is 370 g/mol. The predicted molar refractivity (Wildman–Crippen MR) is 103 cm³/mol. The van der Waals surface area contributed by atoms with Crippen molar-refractivity contribution in [3.05, 3.63) is 45.5 Å². The fraction of sp³-hybridized carbons (Fsp3) is 0.167. The molecule has 0 unspecified atom stereocenters. The molecule has 0 spiro atoms. The van der Waals surface area contributed by atoms with Crippen LogP contribution in [0.5, 0.6) is 5.75 Å². The summed E-state index contributed by atoms with van der Waals surface area (Å²) in [7, 11) is 0. The maximum Gasteiger partial charge on any atom is 0.267 e. The lowest BCUT2D eigenvalue weighted by Crippen LogP contribution is -2.34. The number of hydrogen-bond acceptors (Lipinski definition) is 6. The van der Waals surface area contributed by atoms with E-state index < -0.39 is 6.10 Å². The van der Waals surface area contributed by atoms with Gasteiger partial charge in [-0.05, 0) is 43.5 Å². The van der Waals surface area contributed by atoms with E-state index in [-0.39, 0.29) is 11.8 Å². The molecule has 3 heterocycles. The van der Waals surface area contributed by atoms with Gasteiger partial charge in [0.05, 0.1) is 16.3 Å². The zero-order valence-corrected chi connectivity index (χ0v) is 15.7. The predicted octanol–water partition coefficient (Wildman–Crippen LogP) is 4.15. The molecule has 6 nitrogen and oxygen atoms in total. The first-order chi connectivity index (χ1) is 12.5. The van der Waals surface area contributed by atoms with Crippen LogP contribution in [0.2, 0.25) is 0 Å². The van der Waals surface area contributed by atoms with E-state index in [0.29, 0.717) is 21.4 Å². The van der Waals surface area contributed by atoms with E-state index in [0.717, 1.165) is 16.1 Å². The fourth-order valence-electron chi connectivity index (χ4n) is 2.64. The molecule has 0 fully saturated rings. The lowest BCUT2D eigenvalue weighted by molar-refractivity contribution is -0.122. The Labute approximate surface area is 157 Å². The molecule has 2 aromatic heterocycles. The highest BCUT2D eigenvalue weighted by atomic mass is 32.1. The Kier molecular flexibility index (Phi) is 4.21. The van der Waals surface area contributed by atoms with Gasteiger partial charge >= 0.3 is 0 Å². The molecule has 132 valence electrons. The van der Waals surface area contributed by atoms with Gasteiger partial charge < -0.3 is 10.1 Å². The van der Waals surface area contributed by atoms with Crippen LogP contribution < -0.4 is 15.4 Å². The van der Waals surface area contributed by atoms with Crippen LogP contribution in [0.3, 0.4) is 0 Å². The van der Waals surface area contributed by atoms with E-state index >= 15 is 0 Å². The Morgan fingerprint density at radius 3 is 2.96 bits per heavy atom. The Morgan fingerprint density at radius 1 is 1.35 bits per heavy atom. The molecule has 0 radical (unpaired) electrons. The number of fused-ring (bicyclic) bond motifs is 1. The molecule has 2 N–H and O–H groups in total. The minimum absolute atomic E-state index is 0.166. The Hall–Kier alpha value is -2.71. The second kappa shape index (κ2) is 6.54. The lowest BCUT2D eigenvalue weighted by Gasteiger charge is -2.23. The minimum atomic E-state index is -0.506. The number of nitrogens with zero attached hydrogens (tertiary/aromatic N) is 1. The smallest absolute Gasteiger partial charge is 0.267 e. The number of aromatic nitrogens is 1. The normalized spacial score (nSPS) is 15.8. The second-order valence-corrected chi connectivity index (χ2v) is 7.97. The third-order valence-electron chi connectivity index (χ3n) is 3.95. The van der Waals surface area contributed by atoms with Gasteiger partial charge in [0.25, 0.3) is 11.8 Å². The summed E-state index contributed by atoms with van der Waals surface area (Å²) in [6, 6.07) is 9.17. The van der Waals surface area contributed by atoms with Gasteiger partial charge in [0.15, 0.2) is 11.2 Å². The third-order valence-corrected chi connectivity index (χ3v) is 5.70. The molecule has 0 saturated heterocycles. The van der Waals surface area contributed by atoms with Crippen LogP contribution in [0.1, 0.15) is 21.5 Å². The van der Waals surface area contributed by atoms with Gasteiger partial charge in [-0.1, -0.05) is 6.07 Å². The van der Waals surface area contributed by atoms with Gasteiger partial charge in [-0.25, -0.2) is 4.98 Å². The van der Waals surface area contributed by atoms with Gasteiger partial charge in [0.1, 0.15) is 5.75 Å². The van der Waals surface area contributed by atoms with Crippen LogP contribution in [0.4, 0.5) is 10.8 Å². The number of nitrogens with one attached hydrogen (secondary N) is 2. The zero-order valence-electron chi connectivity index (χ0n) is 14.0. The highest BCUT2D eigenvalue weighted by molar-refractivity contribution is 7.16. The van der Waals surface area contributed by atoms with Crippen LogP contribution in [-0.4, -0.2) is 22.9 Å². The number of rotatable bonds is 3. The van der Waals surface area contributed by atoms with Crippen LogP contribution in [0.25, 0.3) is 11.3 Å². The molecule has 1 aromatic carbocycles. The summed E-state index contributed by atoms with van der Waals surface area (Å²) >= 11 is 2.80. The number of carbonyl (C=O) groups is 2. The molecule has 8 heteroatoms. The first-order valence-corrected chi connectivity index (χ1v) is 9.65. The number of ether oxygens (including phenoxy) is 1. The second-order valence-electron chi connectivity index (χ2n) is 5.82. The zero-order chi connectivity index (χ0) is 18.3. The van der Waals surface area contributed by atoms with Crippen molar-refractivity contribution in [1.82, 2.24) is 4.98 Å². The van der Waals surface area contributed by atoms with E-state index in [1.165, 1.54) is 22.7 Å². The molecule has 4 rings (SSSR count). The van der Waals surface area contributed by atoms with Crippen molar-refractivity contribution >= 4 is 45.3 Å². The van der Waals surface area contributed by atoms with E-state index in [1.54, 1.807) is 13.0 Å². The van der Waals surface area contributed by atoms with Crippen molar-refractivity contribution in [2.75, 3.05) is 10.6 Å². The largest absolute Gasteiger partial charge is 0.479 e. The van der Waals surface area contributed by atoms with Crippen molar-refractivity contribution in [3.63, 3.8) is 0 Å². The number of thiazole rings is 1. The van der Waals surface area contributed by atoms with Crippen molar-refractivity contribution in [3.8, 4) is 17.0 Å². The monoisotopic (exact) mass is 385 g/mol. The minimum Gasteiger partial charge on any atom is -0.479 e. The summed E-state index contributed by atoms with van der Waals surface area (Å²) in [5, 5.41) is 8.08. The molecule has 0 bridgehead atoms. The highest BCUT2D eigenvalue weighted by Crippen LogP contribution is 2.37.